The molecular weight excluding hydrogens is 340 g/mol. The van der Waals surface area contributed by atoms with Crippen LogP contribution in [-0.2, 0) is 14.4 Å². The fourth-order valence-corrected chi connectivity index (χ4v) is 1.88. The van der Waals surface area contributed by atoms with E-state index in [1.807, 2.05) is 0 Å². The van der Waals surface area contributed by atoms with E-state index in [2.05, 4.69) is 12.2 Å². The summed E-state index contributed by atoms with van der Waals surface area (Å²) in [5, 5.41) is 19.6. The van der Waals surface area contributed by atoms with Gasteiger partial charge in [0, 0.05) is 6.42 Å². The van der Waals surface area contributed by atoms with E-state index in [-0.39, 0.29) is 109 Å². The first kappa shape index (κ1) is 28.5. The molecule has 6 nitrogen and oxygen atoms in total. The Hall–Kier alpha value is 1.68. The zero-order valence-electron chi connectivity index (χ0n) is 12.1. The van der Waals surface area contributed by atoms with Crippen LogP contribution in [0.5, 0.6) is 0 Å². The SMILES string of the molecule is CCCCCCCCCC(=O)N[C@@H](CC(=O)O)C(=O)O.[KH].[KH]. The average Bonchev–Trinajstić information content (AvgIpc) is 2.36. The van der Waals surface area contributed by atoms with Crippen molar-refractivity contribution in [2.75, 3.05) is 0 Å². The molecular formula is C14H27K2NO5. The predicted octanol–water partition coefficient (Wildman–Crippen LogP) is 0.874. The van der Waals surface area contributed by atoms with Gasteiger partial charge in [0.05, 0.1) is 6.42 Å². The molecule has 0 saturated heterocycles. The van der Waals surface area contributed by atoms with E-state index in [0.717, 1.165) is 19.3 Å². The Morgan fingerprint density at radius 3 is 1.86 bits per heavy atom. The van der Waals surface area contributed by atoms with Crippen LogP contribution < -0.4 is 5.32 Å². The number of amides is 1. The first-order valence-corrected chi connectivity index (χ1v) is 7.21. The summed E-state index contributed by atoms with van der Waals surface area (Å²) in [5.41, 5.74) is 0. The molecule has 1 amide bonds. The summed E-state index contributed by atoms with van der Waals surface area (Å²) in [6.45, 7) is 2.15. The first-order valence-electron chi connectivity index (χ1n) is 7.21. The monoisotopic (exact) mass is 367 g/mol. The summed E-state index contributed by atoms with van der Waals surface area (Å²) in [7, 11) is 0. The van der Waals surface area contributed by atoms with Crippen LogP contribution in [-0.4, -0.2) is 137 Å². The third-order valence-electron chi connectivity index (χ3n) is 3.02. The summed E-state index contributed by atoms with van der Waals surface area (Å²) < 4.78 is 0. The van der Waals surface area contributed by atoms with Crippen molar-refractivity contribution in [1.29, 1.82) is 0 Å². The number of hydrogen-bond acceptors (Lipinski definition) is 3. The standard InChI is InChI=1S/C14H25NO5.2K.2H/c1-2-3-4-5-6-7-8-9-12(16)15-11(14(19)20)10-13(17)18;;;;/h11H,2-10H2,1H3,(H,15,16)(H,17,18)(H,19,20);;;;/t11-;;;;/m0..../s1. The maximum absolute atomic E-state index is 11.5. The number of carboxylic acid groups (broad SMARTS) is 2. The van der Waals surface area contributed by atoms with Crippen LogP contribution in [0.25, 0.3) is 0 Å². The molecule has 8 heteroatoms. The molecule has 0 unspecified atom stereocenters. The Morgan fingerprint density at radius 1 is 0.909 bits per heavy atom. The summed E-state index contributed by atoms with van der Waals surface area (Å²) in [4.78, 5) is 32.7. The second-order valence-corrected chi connectivity index (χ2v) is 4.93. The van der Waals surface area contributed by atoms with Crippen LogP contribution in [0, 0.1) is 0 Å². The number of hydrogen-bond donors (Lipinski definition) is 3. The van der Waals surface area contributed by atoms with E-state index in [0.29, 0.717) is 6.42 Å². The van der Waals surface area contributed by atoms with Crippen molar-refractivity contribution < 1.29 is 24.6 Å². The summed E-state index contributed by atoms with van der Waals surface area (Å²) in [5.74, 6) is -2.96. The Kier molecular flexibility index (Phi) is 24.6. The Labute approximate surface area is 217 Å². The molecule has 0 aliphatic rings. The maximum atomic E-state index is 11.5. The van der Waals surface area contributed by atoms with Crippen molar-refractivity contribution >= 4 is 121 Å². The number of unbranched alkanes of at least 4 members (excludes halogenated alkanes) is 6. The van der Waals surface area contributed by atoms with Gasteiger partial charge >= 0.3 is 115 Å². The molecule has 0 aliphatic heterocycles. The Bertz CT molecular complexity index is 326. The van der Waals surface area contributed by atoms with Gasteiger partial charge in [-0.25, -0.2) is 4.79 Å². The van der Waals surface area contributed by atoms with E-state index in [4.69, 9.17) is 10.2 Å². The topological polar surface area (TPSA) is 104 Å². The van der Waals surface area contributed by atoms with Crippen molar-refractivity contribution in [3.63, 3.8) is 0 Å². The molecule has 0 aromatic heterocycles. The Morgan fingerprint density at radius 2 is 1.41 bits per heavy atom. The molecule has 0 saturated carbocycles. The number of nitrogens with one attached hydrogen (secondary N) is 1. The van der Waals surface area contributed by atoms with Gasteiger partial charge in [-0.15, -0.1) is 0 Å². The van der Waals surface area contributed by atoms with E-state index < -0.39 is 30.3 Å². The van der Waals surface area contributed by atoms with Gasteiger partial charge in [0.25, 0.3) is 0 Å². The van der Waals surface area contributed by atoms with Crippen molar-refractivity contribution in [1.82, 2.24) is 5.32 Å². The number of carbonyl (C=O) groups excluding carboxylic acids is 1. The van der Waals surface area contributed by atoms with Gasteiger partial charge < -0.3 is 15.5 Å². The number of carboxylic acids is 2. The van der Waals surface area contributed by atoms with Gasteiger partial charge in [-0.05, 0) is 6.42 Å². The fraction of sp³-hybridized carbons (Fsp3) is 0.786. The van der Waals surface area contributed by atoms with Crippen LogP contribution in [0.3, 0.4) is 0 Å². The second kappa shape index (κ2) is 19.0. The molecule has 22 heavy (non-hydrogen) atoms. The summed E-state index contributed by atoms with van der Waals surface area (Å²) >= 11 is 0. The van der Waals surface area contributed by atoms with Crippen LogP contribution in [0.4, 0.5) is 0 Å². The van der Waals surface area contributed by atoms with Crippen molar-refractivity contribution in [2.24, 2.45) is 0 Å². The zero-order valence-corrected chi connectivity index (χ0v) is 12.1. The van der Waals surface area contributed by atoms with Crippen molar-refractivity contribution in [2.45, 2.75) is 70.8 Å². The predicted molar refractivity (Wildman–Crippen MR) is 88.7 cm³/mol. The zero-order chi connectivity index (χ0) is 15.4. The van der Waals surface area contributed by atoms with Crippen molar-refractivity contribution in [3.8, 4) is 0 Å². The molecule has 0 radical (unpaired) electrons. The molecule has 0 aliphatic carbocycles. The van der Waals surface area contributed by atoms with Gasteiger partial charge in [0.15, 0.2) is 0 Å². The third-order valence-corrected chi connectivity index (χ3v) is 3.02. The van der Waals surface area contributed by atoms with E-state index in [1.54, 1.807) is 0 Å². The van der Waals surface area contributed by atoms with Crippen LogP contribution in [0.2, 0.25) is 0 Å². The van der Waals surface area contributed by atoms with E-state index in [9.17, 15) is 14.4 Å². The summed E-state index contributed by atoms with van der Waals surface area (Å²) in [6.07, 6.45) is 7.17. The van der Waals surface area contributed by atoms with Gasteiger partial charge in [-0.3, -0.25) is 9.59 Å². The molecule has 0 spiro atoms. The van der Waals surface area contributed by atoms with E-state index >= 15 is 0 Å². The second-order valence-electron chi connectivity index (χ2n) is 4.93. The molecule has 0 rings (SSSR count). The van der Waals surface area contributed by atoms with Gasteiger partial charge in [0.1, 0.15) is 6.04 Å². The van der Waals surface area contributed by atoms with Crippen LogP contribution >= 0.6 is 0 Å². The third kappa shape index (κ3) is 18.0. The van der Waals surface area contributed by atoms with Crippen molar-refractivity contribution in [3.05, 3.63) is 0 Å². The molecule has 0 fully saturated rings. The van der Waals surface area contributed by atoms with Gasteiger partial charge in [-0.1, -0.05) is 45.4 Å². The Balaban J connectivity index is -0.00000180. The molecule has 120 valence electrons. The fourth-order valence-electron chi connectivity index (χ4n) is 1.88. The quantitative estimate of drug-likeness (QED) is 0.351. The number of rotatable bonds is 12. The number of aliphatic carboxylic acids is 2. The minimum absolute atomic E-state index is 0. The van der Waals surface area contributed by atoms with Gasteiger partial charge in [-0.2, -0.15) is 0 Å². The molecule has 1 atom stereocenters. The summed E-state index contributed by atoms with van der Waals surface area (Å²) in [6, 6.07) is -1.34. The molecule has 0 heterocycles. The molecule has 0 bridgehead atoms. The first-order chi connectivity index (χ1) is 9.47. The minimum atomic E-state index is -1.34. The number of carbonyl (C=O) groups is 3. The van der Waals surface area contributed by atoms with E-state index in [1.165, 1.54) is 19.3 Å². The molecule has 0 aromatic rings. The molecule has 3 N–H and O–H groups in total. The van der Waals surface area contributed by atoms with Crippen LogP contribution in [0.1, 0.15) is 64.7 Å². The average molecular weight is 368 g/mol. The van der Waals surface area contributed by atoms with Gasteiger partial charge in [0.2, 0.25) is 5.91 Å². The normalized spacial score (nSPS) is 10.8. The molecule has 0 aromatic carbocycles. The van der Waals surface area contributed by atoms with Crippen LogP contribution in [0.15, 0.2) is 0 Å².